The van der Waals surface area contributed by atoms with E-state index in [1.165, 1.54) is 12.0 Å². The summed E-state index contributed by atoms with van der Waals surface area (Å²) in [7, 11) is 0. The van der Waals surface area contributed by atoms with E-state index in [1.54, 1.807) is 45.0 Å². The molecule has 3 aromatic rings. The van der Waals surface area contributed by atoms with Gasteiger partial charge >= 0.3 is 12.1 Å². The minimum atomic E-state index is -0.921. The zero-order valence-electron chi connectivity index (χ0n) is 32.6. The largest absolute Gasteiger partial charge is 0.481 e. The number of hydrogen-bond acceptors (Lipinski definition) is 8. The van der Waals surface area contributed by atoms with Gasteiger partial charge in [0, 0.05) is 30.5 Å². The Morgan fingerprint density at radius 3 is 2.20 bits per heavy atom. The number of halogens is 1. The second kappa shape index (κ2) is 24.5. The summed E-state index contributed by atoms with van der Waals surface area (Å²) >= 11 is 0. The standard InChI is InChI=1S/C41H58N6O7.ClH/c1-5-6-8-15-31-25-33-30(16-13-17-34(33)46-38(31)42)14-9-7-12-24-43-41(53)54-26-29-20-22-32(23-21-29)45-39(51)28(4)44-40(52)37(27(2)3)47-35(48)18-10-11-19-36(49)50;/h13,16-17,20-23,25,27-28,37H,5-12,14-15,18-19,24,26H2,1-4H3,(H2,42,46)(H,43,53)(H,44,52)(H,45,51)(H,47,48)(H,49,50);1H/t28-,37-;/m0./s1. The Hall–Kier alpha value is -4.91. The van der Waals surface area contributed by atoms with Crippen LogP contribution in [0.2, 0.25) is 0 Å². The van der Waals surface area contributed by atoms with E-state index in [1.807, 2.05) is 12.1 Å². The number of carbonyl (C=O) groups excluding carboxylic acids is 4. The van der Waals surface area contributed by atoms with Crippen LogP contribution in [0.25, 0.3) is 10.9 Å². The Morgan fingerprint density at radius 1 is 0.818 bits per heavy atom. The van der Waals surface area contributed by atoms with Crippen LogP contribution in [0.4, 0.5) is 16.3 Å². The number of anilines is 2. The summed E-state index contributed by atoms with van der Waals surface area (Å²) in [4.78, 5) is 65.6. The summed E-state index contributed by atoms with van der Waals surface area (Å²) in [5.74, 6) is -1.83. The van der Waals surface area contributed by atoms with Crippen LogP contribution in [0.5, 0.6) is 0 Å². The number of nitrogen functional groups attached to an aromatic ring is 1. The fraction of sp³-hybridized carbons (Fsp3) is 0.512. The first-order valence-electron chi connectivity index (χ1n) is 19.2. The van der Waals surface area contributed by atoms with E-state index in [2.05, 4.69) is 45.3 Å². The van der Waals surface area contributed by atoms with Crippen molar-refractivity contribution in [2.45, 2.75) is 123 Å². The zero-order valence-corrected chi connectivity index (χ0v) is 33.4. The Balaban J connectivity index is 0.0000105. The normalized spacial score (nSPS) is 11.9. The van der Waals surface area contributed by atoms with Crippen molar-refractivity contribution in [3.05, 3.63) is 65.2 Å². The number of pyridine rings is 1. The highest BCUT2D eigenvalue weighted by atomic mass is 35.5. The lowest BCUT2D eigenvalue weighted by atomic mass is 9.99. The molecule has 302 valence electrons. The van der Waals surface area contributed by atoms with Gasteiger partial charge in [0.2, 0.25) is 17.7 Å². The quantitative estimate of drug-likeness (QED) is 0.0557. The summed E-state index contributed by atoms with van der Waals surface area (Å²) in [6.07, 6.45) is 8.41. The Labute approximate surface area is 330 Å². The number of nitrogens with zero attached hydrogens (tertiary/aromatic N) is 1. The lowest BCUT2D eigenvalue weighted by molar-refractivity contribution is -0.137. The maximum absolute atomic E-state index is 12.9. The average Bonchev–Trinajstić information content (AvgIpc) is 3.13. The van der Waals surface area contributed by atoms with Crippen molar-refractivity contribution in [2.75, 3.05) is 17.6 Å². The molecule has 0 unspecified atom stereocenters. The molecular formula is C41H59ClN6O7. The molecule has 7 N–H and O–H groups in total. The first kappa shape index (κ1) is 46.2. The number of hydrogen-bond donors (Lipinski definition) is 6. The first-order chi connectivity index (χ1) is 25.9. The number of aliphatic carboxylic acids is 1. The number of aryl methyl sites for hydroxylation is 2. The van der Waals surface area contributed by atoms with Gasteiger partial charge in [-0.1, -0.05) is 64.3 Å². The number of carbonyl (C=O) groups is 5. The summed E-state index contributed by atoms with van der Waals surface area (Å²) in [5.41, 5.74) is 10.8. The zero-order chi connectivity index (χ0) is 39.5. The number of rotatable bonds is 23. The van der Waals surface area contributed by atoms with Crippen LogP contribution in [-0.2, 0) is 43.4 Å². The molecule has 14 heteroatoms. The molecule has 1 heterocycles. The highest BCUT2D eigenvalue weighted by molar-refractivity contribution is 5.98. The van der Waals surface area contributed by atoms with Crippen LogP contribution in [0.1, 0.15) is 109 Å². The molecule has 0 aliphatic heterocycles. The van der Waals surface area contributed by atoms with Gasteiger partial charge in [-0.15, -0.1) is 12.4 Å². The molecule has 0 spiro atoms. The van der Waals surface area contributed by atoms with Crippen LogP contribution in [0.3, 0.4) is 0 Å². The highest BCUT2D eigenvalue weighted by Crippen LogP contribution is 2.25. The summed E-state index contributed by atoms with van der Waals surface area (Å²) < 4.78 is 5.36. The molecule has 0 fully saturated rings. The second-order valence-electron chi connectivity index (χ2n) is 14.1. The Kier molecular flexibility index (Phi) is 20.6. The number of benzene rings is 2. The number of nitrogens with one attached hydrogen (secondary N) is 4. The first-order valence-corrected chi connectivity index (χ1v) is 19.2. The minimum absolute atomic E-state index is 0. The molecule has 55 heavy (non-hydrogen) atoms. The van der Waals surface area contributed by atoms with Crippen LogP contribution in [-0.4, -0.2) is 58.5 Å². The van der Waals surface area contributed by atoms with E-state index in [0.29, 0.717) is 30.9 Å². The fourth-order valence-corrected chi connectivity index (χ4v) is 5.95. The Bertz CT molecular complexity index is 1700. The molecular weight excluding hydrogens is 724 g/mol. The summed E-state index contributed by atoms with van der Waals surface area (Å²) in [6, 6.07) is 13.5. The van der Waals surface area contributed by atoms with Crippen molar-refractivity contribution in [3.8, 4) is 0 Å². The highest BCUT2D eigenvalue weighted by Gasteiger charge is 2.27. The monoisotopic (exact) mass is 782 g/mol. The number of aromatic nitrogens is 1. The topological polar surface area (TPSA) is 202 Å². The third kappa shape index (κ3) is 16.6. The Morgan fingerprint density at radius 2 is 1.51 bits per heavy atom. The van der Waals surface area contributed by atoms with Gasteiger partial charge in [-0.05, 0) is 98.7 Å². The van der Waals surface area contributed by atoms with Crippen molar-refractivity contribution >= 4 is 64.6 Å². The second-order valence-corrected chi connectivity index (χ2v) is 14.1. The van der Waals surface area contributed by atoms with Gasteiger partial charge in [-0.3, -0.25) is 19.2 Å². The molecule has 0 saturated carbocycles. The third-order valence-electron chi connectivity index (χ3n) is 9.16. The van der Waals surface area contributed by atoms with E-state index in [9.17, 15) is 24.0 Å². The number of unbranched alkanes of at least 4 members (excludes halogenated alkanes) is 5. The van der Waals surface area contributed by atoms with Crippen molar-refractivity contribution < 1.29 is 33.8 Å². The van der Waals surface area contributed by atoms with E-state index in [4.69, 9.17) is 15.6 Å². The van der Waals surface area contributed by atoms with Crippen molar-refractivity contribution in [3.63, 3.8) is 0 Å². The van der Waals surface area contributed by atoms with E-state index in [-0.39, 0.29) is 43.7 Å². The van der Waals surface area contributed by atoms with Crippen molar-refractivity contribution in [2.24, 2.45) is 5.92 Å². The summed E-state index contributed by atoms with van der Waals surface area (Å²) in [6.45, 7) is 7.87. The SMILES string of the molecule is CCCCCc1cc2c(CCCCCNC(=O)OCc3ccc(NC(=O)[C@H](C)NC(=O)[C@@H](NC(=O)CCCCC(=O)O)C(C)C)cc3)cccc2nc1N.Cl. The van der Waals surface area contributed by atoms with Gasteiger partial charge in [-0.25, -0.2) is 9.78 Å². The number of alkyl carbamates (subject to hydrolysis) is 1. The number of fused-ring (bicyclic) bond motifs is 1. The van der Waals surface area contributed by atoms with E-state index in [0.717, 1.165) is 67.0 Å². The molecule has 0 bridgehead atoms. The number of carboxylic acid groups (broad SMARTS) is 1. The smallest absolute Gasteiger partial charge is 0.407 e. The average molecular weight is 783 g/mol. The maximum Gasteiger partial charge on any atom is 0.407 e. The van der Waals surface area contributed by atoms with Crippen LogP contribution >= 0.6 is 12.4 Å². The molecule has 4 amide bonds. The van der Waals surface area contributed by atoms with Crippen LogP contribution in [0, 0.1) is 5.92 Å². The van der Waals surface area contributed by atoms with Crippen LogP contribution in [0.15, 0.2) is 48.5 Å². The fourth-order valence-electron chi connectivity index (χ4n) is 5.95. The maximum atomic E-state index is 12.9. The molecule has 0 radical (unpaired) electrons. The van der Waals surface area contributed by atoms with Crippen molar-refractivity contribution in [1.82, 2.24) is 20.9 Å². The molecule has 2 atom stereocenters. The van der Waals surface area contributed by atoms with Gasteiger partial charge in [0.25, 0.3) is 0 Å². The van der Waals surface area contributed by atoms with Gasteiger partial charge in [0.1, 0.15) is 24.5 Å². The summed E-state index contributed by atoms with van der Waals surface area (Å²) in [5, 5.41) is 20.8. The van der Waals surface area contributed by atoms with Gasteiger partial charge in [0.15, 0.2) is 0 Å². The van der Waals surface area contributed by atoms with Crippen LogP contribution < -0.4 is 27.0 Å². The van der Waals surface area contributed by atoms with Crippen molar-refractivity contribution in [1.29, 1.82) is 0 Å². The van der Waals surface area contributed by atoms with Gasteiger partial charge < -0.3 is 36.8 Å². The molecule has 0 aliphatic carbocycles. The number of nitrogens with two attached hydrogens (primary N) is 1. The number of carboxylic acids is 1. The minimum Gasteiger partial charge on any atom is -0.481 e. The number of amides is 4. The molecule has 0 aliphatic rings. The van der Waals surface area contributed by atoms with Gasteiger partial charge in [0.05, 0.1) is 5.52 Å². The molecule has 3 rings (SSSR count). The van der Waals surface area contributed by atoms with E-state index < -0.39 is 36.0 Å². The predicted molar refractivity (Wildman–Crippen MR) is 218 cm³/mol. The van der Waals surface area contributed by atoms with E-state index >= 15 is 0 Å². The molecule has 13 nitrogen and oxygen atoms in total. The molecule has 0 saturated heterocycles. The number of ether oxygens (including phenoxy) is 1. The third-order valence-corrected chi connectivity index (χ3v) is 9.16. The van der Waals surface area contributed by atoms with Gasteiger partial charge in [-0.2, -0.15) is 0 Å². The lowest BCUT2D eigenvalue weighted by Crippen LogP contribution is -2.53. The molecule has 2 aromatic carbocycles. The molecule has 1 aromatic heterocycles. The lowest BCUT2D eigenvalue weighted by Gasteiger charge is -2.24. The predicted octanol–water partition coefficient (Wildman–Crippen LogP) is 6.84.